The van der Waals surface area contributed by atoms with Crippen LogP contribution >= 0.6 is 11.6 Å². The van der Waals surface area contributed by atoms with Crippen LogP contribution in [0.1, 0.15) is 5.56 Å². The Morgan fingerprint density at radius 1 is 1.00 bits per heavy atom. The number of nitrogens with zero attached hydrogens (tertiary/aromatic N) is 1. The zero-order chi connectivity index (χ0) is 12.1. The fraction of sp³-hybridized carbons (Fsp3) is 0.0714. The number of ether oxygens (including phenoxy) is 1. The molecule has 0 aliphatic heterocycles. The van der Waals surface area contributed by atoms with Gasteiger partial charge in [-0.05, 0) is 36.4 Å². The maximum atomic E-state index is 5.82. The molecular weight excluding hydrogens is 234 g/mol. The van der Waals surface area contributed by atoms with E-state index in [0.29, 0.717) is 10.9 Å². The van der Waals surface area contributed by atoms with Crippen molar-refractivity contribution in [2.24, 2.45) is 4.99 Å². The number of methoxy groups -OCH3 is 1. The minimum atomic E-state index is 0.591. The Bertz CT molecular complexity index is 506. The van der Waals surface area contributed by atoms with Crippen LogP contribution in [0.2, 0.25) is 5.02 Å². The standard InChI is InChI=1S/C14H12ClNO/c1-17-14(11-5-3-2-4-6-11)16-13-9-7-12(15)8-10-13/h2-10H,1H3. The van der Waals surface area contributed by atoms with E-state index in [0.717, 1.165) is 11.3 Å². The van der Waals surface area contributed by atoms with Crippen LogP contribution in [-0.4, -0.2) is 13.0 Å². The van der Waals surface area contributed by atoms with E-state index in [2.05, 4.69) is 4.99 Å². The van der Waals surface area contributed by atoms with Crippen molar-refractivity contribution in [2.75, 3.05) is 7.11 Å². The third-order valence-electron chi connectivity index (χ3n) is 2.27. The molecule has 17 heavy (non-hydrogen) atoms. The Morgan fingerprint density at radius 2 is 1.65 bits per heavy atom. The first-order chi connectivity index (χ1) is 8.29. The van der Waals surface area contributed by atoms with Crippen molar-refractivity contribution in [2.45, 2.75) is 0 Å². The van der Waals surface area contributed by atoms with Gasteiger partial charge in [0.1, 0.15) is 0 Å². The van der Waals surface area contributed by atoms with Gasteiger partial charge in [-0.25, -0.2) is 4.99 Å². The van der Waals surface area contributed by atoms with E-state index < -0.39 is 0 Å². The summed E-state index contributed by atoms with van der Waals surface area (Å²) in [6.45, 7) is 0. The molecule has 0 saturated heterocycles. The first kappa shape index (κ1) is 11.7. The second-order valence-corrected chi connectivity index (χ2v) is 3.90. The molecule has 0 saturated carbocycles. The Labute approximate surface area is 106 Å². The van der Waals surface area contributed by atoms with Crippen LogP contribution in [0.5, 0.6) is 0 Å². The Balaban J connectivity index is 2.33. The molecule has 0 spiro atoms. The predicted octanol–water partition coefficient (Wildman–Crippen LogP) is 4.06. The van der Waals surface area contributed by atoms with Crippen LogP contribution in [-0.2, 0) is 4.74 Å². The van der Waals surface area contributed by atoms with Gasteiger partial charge in [-0.1, -0.05) is 29.8 Å². The maximum Gasteiger partial charge on any atom is 0.220 e. The van der Waals surface area contributed by atoms with E-state index in [1.807, 2.05) is 42.5 Å². The SMILES string of the molecule is COC(=Nc1ccc(Cl)cc1)c1ccccc1. The highest BCUT2D eigenvalue weighted by atomic mass is 35.5. The van der Waals surface area contributed by atoms with Crippen molar-refractivity contribution in [3.05, 3.63) is 65.2 Å². The Hall–Kier alpha value is -1.80. The monoisotopic (exact) mass is 245 g/mol. The molecule has 0 unspecified atom stereocenters. The highest BCUT2D eigenvalue weighted by molar-refractivity contribution is 6.30. The van der Waals surface area contributed by atoms with Crippen LogP contribution < -0.4 is 0 Å². The molecule has 0 aliphatic carbocycles. The van der Waals surface area contributed by atoms with Crippen LogP contribution in [0.25, 0.3) is 0 Å². The summed E-state index contributed by atoms with van der Waals surface area (Å²) >= 11 is 5.82. The fourth-order valence-corrected chi connectivity index (χ4v) is 1.57. The summed E-state index contributed by atoms with van der Waals surface area (Å²) in [4.78, 5) is 4.42. The van der Waals surface area contributed by atoms with Gasteiger partial charge in [0.25, 0.3) is 0 Å². The molecule has 2 rings (SSSR count). The average Bonchev–Trinajstić information content (AvgIpc) is 2.39. The summed E-state index contributed by atoms with van der Waals surface area (Å²) in [5.41, 5.74) is 1.76. The van der Waals surface area contributed by atoms with Crippen molar-refractivity contribution in [1.29, 1.82) is 0 Å². The van der Waals surface area contributed by atoms with Crippen molar-refractivity contribution in [1.82, 2.24) is 0 Å². The zero-order valence-electron chi connectivity index (χ0n) is 9.43. The second-order valence-electron chi connectivity index (χ2n) is 3.46. The molecule has 0 heterocycles. The molecule has 2 aromatic carbocycles. The summed E-state index contributed by atoms with van der Waals surface area (Å²) in [7, 11) is 1.61. The lowest BCUT2D eigenvalue weighted by Crippen LogP contribution is -2.02. The van der Waals surface area contributed by atoms with E-state index in [-0.39, 0.29) is 0 Å². The van der Waals surface area contributed by atoms with E-state index in [1.165, 1.54) is 0 Å². The summed E-state index contributed by atoms with van der Waals surface area (Å²) in [5, 5.41) is 0.697. The molecule has 0 amide bonds. The van der Waals surface area contributed by atoms with E-state index in [9.17, 15) is 0 Å². The second kappa shape index (κ2) is 5.51. The van der Waals surface area contributed by atoms with Gasteiger partial charge in [0.2, 0.25) is 5.90 Å². The third-order valence-corrected chi connectivity index (χ3v) is 2.52. The third kappa shape index (κ3) is 3.08. The largest absolute Gasteiger partial charge is 0.481 e. The van der Waals surface area contributed by atoms with Crippen molar-refractivity contribution in [3.8, 4) is 0 Å². The number of aliphatic imine (C=N–C) groups is 1. The zero-order valence-corrected chi connectivity index (χ0v) is 10.2. The van der Waals surface area contributed by atoms with Crippen LogP contribution in [0.3, 0.4) is 0 Å². The molecule has 0 bridgehead atoms. The normalized spacial score (nSPS) is 11.3. The number of benzene rings is 2. The first-order valence-electron chi connectivity index (χ1n) is 5.23. The van der Waals surface area contributed by atoms with Crippen LogP contribution in [0.15, 0.2) is 59.6 Å². The summed E-state index contributed by atoms with van der Waals surface area (Å²) in [6, 6.07) is 17.1. The molecule has 86 valence electrons. The predicted molar refractivity (Wildman–Crippen MR) is 71.1 cm³/mol. The average molecular weight is 246 g/mol. The number of hydrogen-bond acceptors (Lipinski definition) is 2. The molecule has 2 aromatic rings. The van der Waals surface area contributed by atoms with Gasteiger partial charge in [-0.2, -0.15) is 0 Å². The van der Waals surface area contributed by atoms with Crippen molar-refractivity contribution >= 4 is 23.2 Å². The van der Waals surface area contributed by atoms with Gasteiger partial charge in [0, 0.05) is 10.6 Å². The lowest BCUT2D eigenvalue weighted by molar-refractivity contribution is 0.405. The van der Waals surface area contributed by atoms with E-state index in [4.69, 9.17) is 16.3 Å². The molecule has 0 fully saturated rings. The first-order valence-corrected chi connectivity index (χ1v) is 5.61. The quantitative estimate of drug-likeness (QED) is 0.577. The van der Waals surface area contributed by atoms with Gasteiger partial charge >= 0.3 is 0 Å². The molecule has 0 radical (unpaired) electrons. The molecular formula is C14H12ClNO. The van der Waals surface area contributed by atoms with Gasteiger partial charge < -0.3 is 4.74 Å². The fourth-order valence-electron chi connectivity index (χ4n) is 1.44. The molecule has 0 N–H and O–H groups in total. The minimum Gasteiger partial charge on any atom is -0.481 e. The van der Waals surface area contributed by atoms with Crippen LogP contribution in [0, 0.1) is 0 Å². The number of hydrogen-bond donors (Lipinski definition) is 0. The number of halogens is 1. The van der Waals surface area contributed by atoms with Crippen LogP contribution in [0.4, 0.5) is 5.69 Å². The Morgan fingerprint density at radius 3 is 2.24 bits per heavy atom. The molecule has 3 heteroatoms. The van der Waals surface area contributed by atoms with Crippen molar-refractivity contribution < 1.29 is 4.74 Å². The molecule has 0 aromatic heterocycles. The van der Waals surface area contributed by atoms with Gasteiger partial charge in [-0.15, -0.1) is 0 Å². The van der Waals surface area contributed by atoms with Gasteiger partial charge in [-0.3, -0.25) is 0 Å². The molecule has 2 nitrogen and oxygen atoms in total. The van der Waals surface area contributed by atoms with Crippen molar-refractivity contribution in [3.63, 3.8) is 0 Å². The topological polar surface area (TPSA) is 21.6 Å². The summed E-state index contributed by atoms with van der Waals surface area (Å²) < 4.78 is 5.29. The lowest BCUT2D eigenvalue weighted by Gasteiger charge is -2.04. The van der Waals surface area contributed by atoms with Gasteiger partial charge in [0.15, 0.2) is 0 Å². The lowest BCUT2D eigenvalue weighted by atomic mass is 10.2. The number of rotatable bonds is 2. The van der Waals surface area contributed by atoms with Gasteiger partial charge in [0.05, 0.1) is 12.8 Å². The molecule has 0 aliphatic rings. The van der Waals surface area contributed by atoms with E-state index in [1.54, 1.807) is 19.2 Å². The summed E-state index contributed by atoms with van der Waals surface area (Å²) in [5.74, 6) is 0.591. The van der Waals surface area contributed by atoms with E-state index >= 15 is 0 Å². The smallest absolute Gasteiger partial charge is 0.220 e. The highest BCUT2D eigenvalue weighted by Crippen LogP contribution is 2.17. The minimum absolute atomic E-state index is 0.591. The molecule has 0 atom stereocenters. The highest BCUT2D eigenvalue weighted by Gasteiger charge is 2.02. The Kier molecular flexibility index (Phi) is 3.78. The maximum absolute atomic E-state index is 5.82. The summed E-state index contributed by atoms with van der Waals surface area (Å²) in [6.07, 6.45) is 0.